The standard InChI is InChI=1S/C18H19N5O2/c1-12-14(2-6-19-12)17(25)22-18(4-5-18)11-21-16(24)13-3-8-23-9-7-20-15(23)10-13/h2-3,6-10,19H,4-5,11H2,1H3,(H,21,24)(H,22,25). The van der Waals surface area contributed by atoms with Gasteiger partial charge < -0.3 is 20.0 Å². The highest BCUT2D eigenvalue weighted by Crippen LogP contribution is 2.35. The quantitative estimate of drug-likeness (QED) is 0.661. The van der Waals surface area contributed by atoms with Crippen LogP contribution in [0.1, 0.15) is 39.3 Å². The van der Waals surface area contributed by atoms with E-state index >= 15 is 0 Å². The van der Waals surface area contributed by atoms with Crippen molar-refractivity contribution in [2.45, 2.75) is 25.3 Å². The highest BCUT2D eigenvalue weighted by molar-refractivity contribution is 5.97. The van der Waals surface area contributed by atoms with Crippen LogP contribution in [0.2, 0.25) is 0 Å². The number of aromatic amines is 1. The van der Waals surface area contributed by atoms with Gasteiger partial charge in [0.15, 0.2) is 0 Å². The third-order valence-corrected chi connectivity index (χ3v) is 4.68. The van der Waals surface area contributed by atoms with Crippen molar-refractivity contribution < 1.29 is 9.59 Å². The number of carbonyl (C=O) groups is 2. The molecule has 1 aliphatic rings. The summed E-state index contributed by atoms with van der Waals surface area (Å²) in [6, 6.07) is 5.26. The van der Waals surface area contributed by atoms with Gasteiger partial charge in [-0.05, 0) is 38.0 Å². The van der Waals surface area contributed by atoms with E-state index in [1.807, 2.05) is 17.5 Å². The summed E-state index contributed by atoms with van der Waals surface area (Å²) in [5.74, 6) is -0.270. The Labute approximate surface area is 144 Å². The second-order valence-corrected chi connectivity index (χ2v) is 6.54. The molecule has 1 saturated carbocycles. The van der Waals surface area contributed by atoms with Crippen molar-refractivity contribution in [2.75, 3.05) is 6.54 Å². The first-order valence-electron chi connectivity index (χ1n) is 8.24. The van der Waals surface area contributed by atoms with E-state index in [-0.39, 0.29) is 17.4 Å². The average molecular weight is 337 g/mol. The Kier molecular flexibility index (Phi) is 3.56. The maximum Gasteiger partial charge on any atom is 0.253 e. The van der Waals surface area contributed by atoms with Gasteiger partial charge in [0.2, 0.25) is 0 Å². The summed E-state index contributed by atoms with van der Waals surface area (Å²) in [6.45, 7) is 2.28. The Balaban J connectivity index is 1.39. The minimum atomic E-state index is -0.339. The summed E-state index contributed by atoms with van der Waals surface area (Å²) in [7, 11) is 0. The van der Waals surface area contributed by atoms with Gasteiger partial charge in [0.05, 0.1) is 11.1 Å². The van der Waals surface area contributed by atoms with Crippen molar-refractivity contribution >= 4 is 17.5 Å². The molecule has 25 heavy (non-hydrogen) atoms. The molecule has 128 valence electrons. The van der Waals surface area contributed by atoms with E-state index in [4.69, 9.17) is 0 Å². The zero-order valence-electron chi connectivity index (χ0n) is 13.9. The summed E-state index contributed by atoms with van der Waals surface area (Å²) in [4.78, 5) is 31.9. The Bertz CT molecular complexity index is 951. The van der Waals surface area contributed by atoms with Gasteiger partial charge in [-0.15, -0.1) is 0 Å². The van der Waals surface area contributed by atoms with E-state index in [1.165, 1.54) is 0 Å². The van der Waals surface area contributed by atoms with E-state index in [2.05, 4.69) is 20.6 Å². The molecule has 7 nitrogen and oxygen atoms in total. The largest absolute Gasteiger partial charge is 0.365 e. The molecule has 1 fully saturated rings. The van der Waals surface area contributed by atoms with Gasteiger partial charge >= 0.3 is 0 Å². The first-order valence-corrected chi connectivity index (χ1v) is 8.24. The Hall–Kier alpha value is -3.09. The molecule has 0 bridgehead atoms. The van der Waals surface area contributed by atoms with Crippen molar-refractivity contribution in [1.29, 1.82) is 0 Å². The van der Waals surface area contributed by atoms with Gasteiger partial charge in [0.1, 0.15) is 5.65 Å². The first kappa shape index (κ1) is 15.4. The molecule has 3 aromatic heterocycles. The summed E-state index contributed by atoms with van der Waals surface area (Å²) < 4.78 is 1.85. The number of aromatic nitrogens is 3. The van der Waals surface area contributed by atoms with E-state index in [0.29, 0.717) is 17.7 Å². The van der Waals surface area contributed by atoms with Crippen LogP contribution in [-0.2, 0) is 0 Å². The van der Waals surface area contributed by atoms with Crippen molar-refractivity contribution in [3.8, 4) is 0 Å². The van der Waals surface area contributed by atoms with Gasteiger partial charge in [-0.2, -0.15) is 0 Å². The van der Waals surface area contributed by atoms with Gasteiger partial charge in [0.25, 0.3) is 11.8 Å². The fraction of sp³-hybridized carbons (Fsp3) is 0.278. The number of hydrogen-bond donors (Lipinski definition) is 3. The molecular weight excluding hydrogens is 318 g/mol. The number of nitrogens with zero attached hydrogens (tertiary/aromatic N) is 2. The van der Waals surface area contributed by atoms with Crippen molar-refractivity contribution in [2.24, 2.45) is 0 Å². The predicted octanol–water partition coefficient (Wildman–Crippen LogP) is 1.66. The molecule has 3 aromatic rings. The lowest BCUT2D eigenvalue weighted by molar-refractivity contribution is 0.0902. The number of pyridine rings is 1. The van der Waals surface area contributed by atoms with Crippen LogP contribution in [0.4, 0.5) is 0 Å². The lowest BCUT2D eigenvalue weighted by atomic mass is 10.2. The van der Waals surface area contributed by atoms with E-state index in [1.54, 1.807) is 36.8 Å². The number of imidazole rings is 1. The molecule has 4 rings (SSSR count). The van der Waals surface area contributed by atoms with Crippen molar-refractivity contribution in [3.05, 3.63) is 59.8 Å². The lowest BCUT2D eigenvalue weighted by Crippen LogP contribution is -2.45. The molecule has 0 radical (unpaired) electrons. The van der Waals surface area contributed by atoms with Crippen LogP contribution in [-0.4, -0.2) is 38.3 Å². The van der Waals surface area contributed by atoms with Crippen molar-refractivity contribution in [3.63, 3.8) is 0 Å². The van der Waals surface area contributed by atoms with Crippen LogP contribution in [0, 0.1) is 6.92 Å². The number of rotatable bonds is 5. The topological polar surface area (TPSA) is 91.3 Å². The molecule has 0 aromatic carbocycles. The molecule has 0 aliphatic heterocycles. The Morgan fingerprint density at radius 1 is 1.28 bits per heavy atom. The van der Waals surface area contributed by atoms with Crippen LogP contribution < -0.4 is 10.6 Å². The number of fused-ring (bicyclic) bond motifs is 1. The van der Waals surface area contributed by atoms with Crippen LogP contribution in [0.5, 0.6) is 0 Å². The number of hydrogen-bond acceptors (Lipinski definition) is 3. The van der Waals surface area contributed by atoms with Crippen LogP contribution in [0.25, 0.3) is 5.65 Å². The smallest absolute Gasteiger partial charge is 0.253 e. The minimum Gasteiger partial charge on any atom is -0.365 e. The number of H-pyrrole nitrogens is 1. The summed E-state index contributed by atoms with van der Waals surface area (Å²) in [5, 5.41) is 5.98. The predicted molar refractivity (Wildman–Crippen MR) is 92.5 cm³/mol. The highest BCUT2D eigenvalue weighted by atomic mass is 16.2. The molecule has 3 heterocycles. The molecule has 0 atom stereocenters. The summed E-state index contributed by atoms with van der Waals surface area (Å²) in [6.07, 6.45) is 8.80. The Morgan fingerprint density at radius 3 is 2.84 bits per heavy atom. The minimum absolute atomic E-state index is 0.107. The van der Waals surface area contributed by atoms with Gasteiger partial charge in [-0.3, -0.25) is 9.59 Å². The van der Waals surface area contributed by atoms with Gasteiger partial charge in [0, 0.05) is 42.6 Å². The number of nitrogens with one attached hydrogen (secondary N) is 3. The second-order valence-electron chi connectivity index (χ2n) is 6.54. The third-order valence-electron chi connectivity index (χ3n) is 4.68. The first-order chi connectivity index (χ1) is 12.1. The lowest BCUT2D eigenvalue weighted by Gasteiger charge is -2.18. The SMILES string of the molecule is Cc1[nH]ccc1C(=O)NC1(CNC(=O)c2ccn3ccnc3c2)CC1. The van der Waals surface area contributed by atoms with Crippen LogP contribution >= 0.6 is 0 Å². The molecule has 7 heteroatoms. The fourth-order valence-electron chi connectivity index (χ4n) is 2.91. The van der Waals surface area contributed by atoms with Gasteiger partial charge in [-0.1, -0.05) is 0 Å². The normalized spacial score (nSPS) is 15.1. The molecule has 0 spiro atoms. The summed E-state index contributed by atoms with van der Waals surface area (Å²) in [5.41, 5.74) is 2.42. The van der Waals surface area contributed by atoms with Crippen LogP contribution in [0.3, 0.4) is 0 Å². The molecule has 0 saturated heterocycles. The van der Waals surface area contributed by atoms with Crippen molar-refractivity contribution in [1.82, 2.24) is 25.0 Å². The average Bonchev–Trinajstić information content (AvgIpc) is 3.01. The zero-order chi connectivity index (χ0) is 17.4. The third kappa shape index (κ3) is 3.00. The van der Waals surface area contributed by atoms with E-state index in [0.717, 1.165) is 24.2 Å². The number of amides is 2. The highest BCUT2D eigenvalue weighted by Gasteiger charge is 2.44. The molecule has 2 amide bonds. The zero-order valence-corrected chi connectivity index (χ0v) is 13.9. The monoisotopic (exact) mass is 337 g/mol. The molecule has 1 aliphatic carbocycles. The maximum atomic E-state index is 12.4. The number of carbonyl (C=O) groups excluding carboxylic acids is 2. The van der Waals surface area contributed by atoms with Crippen LogP contribution in [0.15, 0.2) is 43.0 Å². The van der Waals surface area contributed by atoms with Gasteiger partial charge in [-0.25, -0.2) is 4.98 Å². The molecule has 3 N–H and O–H groups in total. The van der Waals surface area contributed by atoms with E-state index in [9.17, 15) is 9.59 Å². The summed E-state index contributed by atoms with van der Waals surface area (Å²) >= 11 is 0. The number of aryl methyl sites for hydroxylation is 1. The molecule has 0 unspecified atom stereocenters. The second kappa shape index (κ2) is 5.77. The maximum absolute atomic E-state index is 12.4. The Morgan fingerprint density at radius 2 is 2.12 bits per heavy atom. The fourth-order valence-corrected chi connectivity index (χ4v) is 2.91. The molecular formula is C18H19N5O2. The van der Waals surface area contributed by atoms with E-state index < -0.39 is 0 Å².